The van der Waals surface area contributed by atoms with E-state index in [0.29, 0.717) is 6.17 Å². The number of likely N-dealkylation sites (N-methyl/N-ethyl adjacent to an activating group) is 1. The normalized spacial score (nSPS) is 35.7. The van der Waals surface area contributed by atoms with Crippen LogP contribution in [0, 0.1) is 5.41 Å². The van der Waals surface area contributed by atoms with Crippen LogP contribution in [-0.4, -0.2) is 36.2 Å². The highest BCUT2D eigenvalue weighted by Crippen LogP contribution is 2.66. The molecule has 27 heavy (non-hydrogen) atoms. The first-order valence-electron chi connectivity index (χ1n) is 10.1. The molecule has 0 aliphatic carbocycles. The molecule has 0 radical (unpaired) electrons. The van der Waals surface area contributed by atoms with Gasteiger partial charge in [-0.3, -0.25) is 0 Å². The predicted molar refractivity (Wildman–Crippen MR) is 112 cm³/mol. The first kappa shape index (κ1) is 16.8. The fraction of sp³-hybridized carbons (Fsp3) is 0.478. The van der Waals surface area contributed by atoms with Gasteiger partial charge in [0, 0.05) is 66.7 Å². The molecule has 0 spiro atoms. The summed E-state index contributed by atoms with van der Waals surface area (Å²) in [5.41, 5.74) is 5.48. The summed E-state index contributed by atoms with van der Waals surface area (Å²) in [5, 5.41) is 0. The van der Waals surface area contributed by atoms with Crippen LogP contribution in [0.25, 0.3) is 0 Å². The van der Waals surface area contributed by atoms with Crippen LogP contribution in [0.5, 0.6) is 0 Å². The zero-order chi connectivity index (χ0) is 19.1. The minimum absolute atomic E-state index is 0.0513. The van der Waals surface area contributed by atoms with Crippen molar-refractivity contribution in [3.05, 3.63) is 60.7 Å². The molecule has 4 nitrogen and oxygen atoms in total. The van der Waals surface area contributed by atoms with Crippen molar-refractivity contribution in [2.24, 2.45) is 5.41 Å². The number of anilines is 2. The van der Waals surface area contributed by atoms with Crippen molar-refractivity contribution >= 4 is 11.4 Å². The van der Waals surface area contributed by atoms with E-state index in [0.717, 1.165) is 12.8 Å². The molecule has 1 aromatic rings. The molecule has 0 amide bonds. The third-order valence-electron chi connectivity index (χ3n) is 7.90. The molecular weight excluding hydrogens is 332 g/mol. The lowest BCUT2D eigenvalue weighted by Gasteiger charge is -2.64. The summed E-state index contributed by atoms with van der Waals surface area (Å²) in [5.74, 6) is 0. The smallest absolute Gasteiger partial charge is 0.128 e. The van der Waals surface area contributed by atoms with E-state index in [1.807, 2.05) is 0 Å². The Labute approximate surface area is 163 Å². The van der Waals surface area contributed by atoms with Crippen molar-refractivity contribution in [2.45, 2.75) is 51.4 Å². The van der Waals surface area contributed by atoms with Gasteiger partial charge in [0.05, 0.1) is 0 Å². The summed E-state index contributed by atoms with van der Waals surface area (Å²) in [6.45, 7) is 12.0. The summed E-state index contributed by atoms with van der Waals surface area (Å²) >= 11 is 0. The molecule has 4 unspecified atom stereocenters. The van der Waals surface area contributed by atoms with Crippen LogP contribution in [0.2, 0.25) is 0 Å². The number of rotatable bonds is 2. The summed E-state index contributed by atoms with van der Waals surface area (Å²) in [6, 6.07) is 6.81. The largest absolute Gasteiger partial charge is 0.358 e. The number of benzene rings is 1. The van der Waals surface area contributed by atoms with E-state index in [1.54, 1.807) is 0 Å². The minimum Gasteiger partial charge on any atom is -0.358 e. The quantitative estimate of drug-likeness (QED) is 0.722. The summed E-state index contributed by atoms with van der Waals surface area (Å²) < 4.78 is 0. The van der Waals surface area contributed by atoms with Gasteiger partial charge in [0.25, 0.3) is 0 Å². The summed E-state index contributed by atoms with van der Waals surface area (Å²) in [6.07, 6.45) is 11.6. The average molecular weight is 363 g/mol. The Hall–Kier alpha value is -2.36. The van der Waals surface area contributed by atoms with Gasteiger partial charge >= 0.3 is 0 Å². The van der Waals surface area contributed by atoms with E-state index >= 15 is 0 Å². The first-order chi connectivity index (χ1) is 12.9. The van der Waals surface area contributed by atoms with Gasteiger partial charge in [-0.15, -0.1) is 0 Å². The van der Waals surface area contributed by atoms with Crippen LogP contribution >= 0.6 is 0 Å². The van der Waals surface area contributed by atoms with Gasteiger partial charge < -0.3 is 19.6 Å². The van der Waals surface area contributed by atoms with Crippen LogP contribution in [0.1, 0.15) is 39.2 Å². The first-order valence-corrected chi connectivity index (χ1v) is 10.1. The molecule has 0 bridgehead atoms. The zero-order valence-corrected chi connectivity index (χ0v) is 17.1. The molecule has 0 saturated carbocycles. The van der Waals surface area contributed by atoms with Gasteiger partial charge in [0.2, 0.25) is 0 Å². The van der Waals surface area contributed by atoms with Crippen molar-refractivity contribution in [3.8, 4) is 0 Å². The van der Waals surface area contributed by atoms with Crippen molar-refractivity contribution in [1.82, 2.24) is 9.80 Å². The second-order valence-corrected chi connectivity index (χ2v) is 8.72. The Morgan fingerprint density at radius 3 is 2.22 bits per heavy atom. The lowest BCUT2D eigenvalue weighted by atomic mass is 9.49. The van der Waals surface area contributed by atoms with Gasteiger partial charge in [-0.1, -0.05) is 33.4 Å². The molecule has 0 N–H and O–H groups in total. The highest BCUT2D eigenvalue weighted by Gasteiger charge is 2.64. The predicted octanol–water partition coefficient (Wildman–Crippen LogP) is 4.43. The Morgan fingerprint density at radius 1 is 0.926 bits per heavy atom. The third-order valence-corrected chi connectivity index (χ3v) is 7.90. The standard InChI is InChI=1S/C23H30N4/c1-7-22(4)21-25(6)13-15-27(21)18-11-9-10-17-19(18)23(22,8-2)16(3)20-24(5)12-14-26(17)20/h9-15,20-21H,3,7-8H2,1-2,4-6H3. The van der Waals surface area contributed by atoms with E-state index in [-0.39, 0.29) is 17.0 Å². The molecule has 4 heterocycles. The Kier molecular flexibility index (Phi) is 3.18. The molecule has 142 valence electrons. The SMILES string of the molecule is C=C1C2N(C)C=CN2c2cccc3c2C1(CC)C(C)(CC)C1N(C)C=CN31. The van der Waals surface area contributed by atoms with Gasteiger partial charge in [-0.25, -0.2) is 0 Å². The number of hydrogen-bond donors (Lipinski definition) is 0. The van der Waals surface area contributed by atoms with Gasteiger partial charge in [0.15, 0.2) is 0 Å². The third kappa shape index (κ3) is 1.62. The Balaban J connectivity index is 1.90. The monoisotopic (exact) mass is 362 g/mol. The molecule has 0 fully saturated rings. The maximum absolute atomic E-state index is 4.78. The van der Waals surface area contributed by atoms with Crippen LogP contribution in [0.4, 0.5) is 11.4 Å². The summed E-state index contributed by atoms with van der Waals surface area (Å²) in [4.78, 5) is 9.61. The Morgan fingerprint density at radius 2 is 1.56 bits per heavy atom. The van der Waals surface area contributed by atoms with Crippen LogP contribution in [0.15, 0.2) is 55.2 Å². The molecule has 0 saturated heterocycles. The van der Waals surface area contributed by atoms with E-state index in [2.05, 4.69) is 97.5 Å². The second kappa shape index (κ2) is 5.12. The molecule has 4 atom stereocenters. The lowest BCUT2D eigenvalue weighted by molar-refractivity contribution is 0.0408. The lowest BCUT2D eigenvalue weighted by Crippen LogP contribution is -2.66. The minimum atomic E-state index is -0.0590. The molecule has 4 aliphatic rings. The fourth-order valence-electron chi connectivity index (χ4n) is 6.61. The average Bonchev–Trinajstić information content (AvgIpc) is 3.25. The van der Waals surface area contributed by atoms with Gasteiger partial charge in [-0.05, 0) is 30.5 Å². The van der Waals surface area contributed by atoms with Crippen molar-refractivity contribution in [1.29, 1.82) is 0 Å². The van der Waals surface area contributed by atoms with Crippen LogP contribution in [0.3, 0.4) is 0 Å². The molecular formula is C23H30N4. The van der Waals surface area contributed by atoms with E-state index in [1.165, 1.54) is 22.5 Å². The summed E-state index contributed by atoms with van der Waals surface area (Å²) in [7, 11) is 4.39. The maximum atomic E-state index is 4.78. The van der Waals surface area contributed by atoms with E-state index in [4.69, 9.17) is 6.58 Å². The molecule has 4 heteroatoms. The van der Waals surface area contributed by atoms with Crippen molar-refractivity contribution in [3.63, 3.8) is 0 Å². The Bertz CT molecular complexity index is 872. The molecule has 5 rings (SSSR count). The van der Waals surface area contributed by atoms with E-state index < -0.39 is 0 Å². The zero-order valence-electron chi connectivity index (χ0n) is 17.1. The topological polar surface area (TPSA) is 13.0 Å². The molecule has 0 aromatic heterocycles. The van der Waals surface area contributed by atoms with Gasteiger partial charge in [0.1, 0.15) is 12.3 Å². The van der Waals surface area contributed by atoms with E-state index in [9.17, 15) is 0 Å². The second-order valence-electron chi connectivity index (χ2n) is 8.72. The molecule has 4 aliphatic heterocycles. The van der Waals surface area contributed by atoms with Gasteiger partial charge in [-0.2, -0.15) is 0 Å². The highest BCUT2D eigenvalue weighted by molar-refractivity contribution is 5.81. The number of fused-ring (bicyclic) bond motifs is 4. The fourth-order valence-corrected chi connectivity index (χ4v) is 6.61. The highest BCUT2D eigenvalue weighted by atomic mass is 15.4. The van der Waals surface area contributed by atoms with Crippen LogP contribution in [-0.2, 0) is 5.41 Å². The number of hydrogen-bond acceptors (Lipinski definition) is 4. The van der Waals surface area contributed by atoms with Crippen molar-refractivity contribution in [2.75, 3.05) is 23.9 Å². The maximum Gasteiger partial charge on any atom is 0.128 e. The number of nitrogens with zero attached hydrogens (tertiary/aromatic N) is 4. The van der Waals surface area contributed by atoms with Crippen molar-refractivity contribution < 1.29 is 0 Å². The van der Waals surface area contributed by atoms with Crippen LogP contribution < -0.4 is 9.80 Å². The molecule has 1 aromatic carbocycles.